The van der Waals surface area contributed by atoms with Gasteiger partial charge >= 0.3 is 0 Å². The number of rotatable bonds is 3. The molecular weight excluding hydrogens is 295 g/mol. The van der Waals surface area contributed by atoms with Crippen LogP contribution in [0.15, 0.2) is 18.2 Å². The number of halogens is 2. The molecule has 1 aromatic carbocycles. The SMILES string of the molecule is Cc1cc([N+](=O)[O-])ccc1Oc1nc(Cl)nnc1Cl. The molecule has 0 unspecified atom stereocenters. The molecule has 0 atom stereocenters. The Labute approximate surface area is 117 Å². The van der Waals surface area contributed by atoms with E-state index in [0.29, 0.717) is 11.3 Å². The van der Waals surface area contributed by atoms with Gasteiger partial charge in [-0.05, 0) is 30.2 Å². The Balaban J connectivity index is 2.33. The van der Waals surface area contributed by atoms with E-state index in [-0.39, 0.29) is 22.0 Å². The third kappa shape index (κ3) is 3.07. The lowest BCUT2D eigenvalue weighted by Crippen LogP contribution is -1.96. The Morgan fingerprint density at radius 3 is 2.68 bits per heavy atom. The van der Waals surface area contributed by atoms with E-state index in [0.717, 1.165) is 0 Å². The minimum atomic E-state index is -0.493. The number of aromatic nitrogens is 3. The normalized spacial score (nSPS) is 10.3. The van der Waals surface area contributed by atoms with Crippen molar-refractivity contribution in [2.24, 2.45) is 0 Å². The minimum Gasteiger partial charge on any atom is -0.436 e. The van der Waals surface area contributed by atoms with E-state index < -0.39 is 4.92 Å². The van der Waals surface area contributed by atoms with Crippen LogP contribution in [0.5, 0.6) is 11.6 Å². The molecule has 0 bridgehead atoms. The largest absolute Gasteiger partial charge is 0.436 e. The van der Waals surface area contributed by atoms with Gasteiger partial charge in [0.25, 0.3) is 11.6 Å². The second kappa shape index (κ2) is 5.33. The van der Waals surface area contributed by atoms with E-state index in [1.54, 1.807) is 6.92 Å². The van der Waals surface area contributed by atoms with Crippen molar-refractivity contribution in [2.45, 2.75) is 6.92 Å². The molecule has 7 nitrogen and oxygen atoms in total. The quantitative estimate of drug-likeness (QED) is 0.638. The zero-order valence-corrected chi connectivity index (χ0v) is 11.0. The van der Waals surface area contributed by atoms with Gasteiger partial charge in [0.15, 0.2) is 0 Å². The van der Waals surface area contributed by atoms with Gasteiger partial charge in [-0.25, -0.2) is 0 Å². The van der Waals surface area contributed by atoms with Crippen molar-refractivity contribution in [3.05, 3.63) is 44.3 Å². The maximum atomic E-state index is 10.6. The van der Waals surface area contributed by atoms with Gasteiger partial charge in [0, 0.05) is 12.1 Å². The topological polar surface area (TPSA) is 91.0 Å². The molecule has 0 radical (unpaired) electrons. The average Bonchev–Trinajstić information content (AvgIpc) is 2.36. The molecule has 19 heavy (non-hydrogen) atoms. The molecule has 0 saturated heterocycles. The van der Waals surface area contributed by atoms with Crippen molar-refractivity contribution in [3.8, 4) is 11.6 Å². The number of nitro benzene ring substituents is 1. The van der Waals surface area contributed by atoms with Crippen LogP contribution in [0.1, 0.15) is 5.56 Å². The second-order valence-corrected chi connectivity index (χ2v) is 4.18. The number of non-ortho nitro benzene ring substituents is 1. The number of hydrogen-bond donors (Lipinski definition) is 0. The number of nitro groups is 1. The molecule has 1 aromatic heterocycles. The highest BCUT2D eigenvalue weighted by molar-refractivity contribution is 6.31. The van der Waals surface area contributed by atoms with E-state index >= 15 is 0 Å². The lowest BCUT2D eigenvalue weighted by atomic mass is 10.2. The lowest BCUT2D eigenvalue weighted by molar-refractivity contribution is -0.384. The summed E-state index contributed by atoms with van der Waals surface area (Å²) in [5.74, 6) is 0.350. The van der Waals surface area contributed by atoms with Gasteiger partial charge in [0.1, 0.15) is 5.75 Å². The highest BCUT2D eigenvalue weighted by atomic mass is 35.5. The average molecular weight is 301 g/mol. The smallest absolute Gasteiger partial charge is 0.269 e. The minimum absolute atomic E-state index is 0.0152. The van der Waals surface area contributed by atoms with Gasteiger partial charge in [-0.15, -0.1) is 10.2 Å². The number of nitrogens with zero attached hydrogens (tertiary/aromatic N) is 4. The van der Waals surface area contributed by atoms with Crippen molar-refractivity contribution in [1.29, 1.82) is 0 Å². The summed E-state index contributed by atoms with van der Waals surface area (Å²) in [4.78, 5) is 13.9. The second-order valence-electron chi connectivity index (χ2n) is 3.49. The van der Waals surface area contributed by atoms with Crippen molar-refractivity contribution >= 4 is 28.9 Å². The maximum absolute atomic E-state index is 10.6. The fourth-order valence-electron chi connectivity index (χ4n) is 1.31. The fraction of sp³-hybridized carbons (Fsp3) is 0.100. The zero-order valence-electron chi connectivity index (χ0n) is 9.50. The highest BCUT2D eigenvalue weighted by Gasteiger charge is 2.13. The van der Waals surface area contributed by atoms with Crippen molar-refractivity contribution in [3.63, 3.8) is 0 Å². The van der Waals surface area contributed by atoms with Gasteiger partial charge < -0.3 is 4.74 Å². The van der Waals surface area contributed by atoms with E-state index in [1.165, 1.54) is 18.2 Å². The fourth-order valence-corrected chi connectivity index (χ4v) is 1.54. The predicted molar refractivity (Wildman–Crippen MR) is 67.8 cm³/mol. The molecule has 0 fully saturated rings. The summed E-state index contributed by atoms with van der Waals surface area (Å²) >= 11 is 11.3. The van der Waals surface area contributed by atoms with Crippen LogP contribution in [0.25, 0.3) is 0 Å². The Kier molecular flexibility index (Phi) is 3.77. The molecule has 0 aliphatic rings. The number of aryl methyl sites for hydroxylation is 1. The molecule has 2 rings (SSSR count). The van der Waals surface area contributed by atoms with Crippen molar-refractivity contribution in [2.75, 3.05) is 0 Å². The Hall–Kier alpha value is -1.99. The summed E-state index contributed by atoms with van der Waals surface area (Å²) < 4.78 is 5.40. The molecule has 0 N–H and O–H groups in total. The van der Waals surface area contributed by atoms with Gasteiger partial charge in [-0.3, -0.25) is 10.1 Å². The van der Waals surface area contributed by atoms with Crippen LogP contribution < -0.4 is 4.74 Å². The van der Waals surface area contributed by atoms with Gasteiger partial charge in [-0.1, -0.05) is 11.6 Å². The molecule has 0 aliphatic carbocycles. The van der Waals surface area contributed by atoms with E-state index in [1.807, 2.05) is 0 Å². The summed E-state index contributed by atoms with van der Waals surface area (Å²) in [6, 6.07) is 4.13. The van der Waals surface area contributed by atoms with Gasteiger partial charge in [0.05, 0.1) is 4.92 Å². The predicted octanol–water partition coefficient (Wildman–Crippen LogP) is 3.19. The third-order valence-corrected chi connectivity index (χ3v) is 2.56. The van der Waals surface area contributed by atoms with Crippen LogP contribution >= 0.6 is 23.2 Å². The van der Waals surface area contributed by atoms with E-state index in [9.17, 15) is 10.1 Å². The Morgan fingerprint density at radius 1 is 1.32 bits per heavy atom. The number of benzene rings is 1. The molecule has 0 spiro atoms. The summed E-state index contributed by atoms with van der Waals surface area (Å²) in [6.07, 6.45) is 0. The first-order valence-electron chi connectivity index (χ1n) is 4.96. The van der Waals surface area contributed by atoms with Gasteiger partial charge in [-0.2, -0.15) is 4.98 Å². The molecule has 0 amide bonds. The standard InChI is InChI=1S/C10H6Cl2N4O3/c1-5-4-6(16(17)18)2-3-7(5)19-9-8(11)14-15-10(12)13-9/h2-4H,1H3. The van der Waals surface area contributed by atoms with Crippen LogP contribution in [0, 0.1) is 17.0 Å². The van der Waals surface area contributed by atoms with Crippen molar-refractivity contribution in [1.82, 2.24) is 15.2 Å². The van der Waals surface area contributed by atoms with E-state index in [2.05, 4.69) is 15.2 Å². The molecular formula is C10H6Cl2N4O3. The van der Waals surface area contributed by atoms with Crippen LogP contribution in [-0.2, 0) is 0 Å². The Morgan fingerprint density at radius 2 is 2.05 bits per heavy atom. The van der Waals surface area contributed by atoms with E-state index in [4.69, 9.17) is 27.9 Å². The first-order valence-corrected chi connectivity index (χ1v) is 5.71. The maximum Gasteiger partial charge on any atom is 0.269 e. The number of ether oxygens (including phenoxy) is 1. The molecule has 98 valence electrons. The van der Waals surface area contributed by atoms with Crippen LogP contribution in [0.3, 0.4) is 0 Å². The monoisotopic (exact) mass is 300 g/mol. The first-order chi connectivity index (χ1) is 8.97. The van der Waals surface area contributed by atoms with Gasteiger partial charge in [0.2, 0.25) is 10.4 Å². The molecule has 9 heteroatoms. The summed E-state index contributed by atoms with van der Waals surface area (Å²) in [5.41, 5.74) is 0.523. The molecule has 2 aromatic rings. The van der Waals surface area contributed by atoms with Crippen LogP contribution in [0.4, 0.5) is 5.69 Å². The summed E-state index contributed by atoms with van der Waals surface area (Å²) in [7, 11) is 0. The summed E-state index contributed by atoms with van der Waals surface area (Å²) in [5, 5.41) is 17.4. The Bertz CT molecular complexity index is 651. The third-order valence-electron chi connectivity index (χ3n) is 2.17. The van der Waals surface area contributed by atoms with Crippen molar-refractivity contribution < 1.29 is 9.66 Å². The highest BCUT2D eigenvalue weighted by Crippen LogP contribution is 2.30. The van der Waals surface area contributed by atoms with Crippen LogP contribution in [-0.4, -0.2) is 20.1 Å². The zero-order chi connectivity index (χ0) is 14.0. The first kappa shape index (κ1) is 13.4. The lowest BCUT2D eigenvalue weighted by Gasteiger charge is -2.07. The van der Waals surface area contributed by atoms with Crippen LogP contribution in [0.2, 0.25) is 10.4 Å². The molecule has 1 heterocycles. The molecule has 0 aliphatic heterocycles. The summed E-state index contributed by atoms with van der Waals surface area (Å²) in [6.45, 7) is 1.66. The molecule has 0 saturated carbocycles. The number of hydrogen-bond acceptors (Lipinski definition) is 6.